The Morgan fingerprint density at radius 1 is 1.31 bits per heavy atom. The number of benzene rings is 1. The molecule has 0 aromatic heterocycles. The monoisotopic (exact) mass is 222 g/mol. The van der Waals surface area contributed by atoms with E-state index in [0.717, 1.165) is 11.3 Å². The molecule has 16 heavy (non-hydrogen) atoms. The van der Waals surface area contributed by atoms with Gasteiger partial charge < -0.3 is 9.84 Å². The van der Waals surface area contributed by atoms with Crippen molar-refractivity contribution in [1.82, 2.24) is 0 Å². The van der Waals surface area contributed by atoms with Crippen LogP contribution in [-0.2, 0) is 4.79 Å². The first-order valence-corrected chi connectivity index (χ1v) is 5.38. The van der Waals surface area contributed by atoms with E-state index in [2.05, 4.69) is 0 Å². The summed E-state index contributed by atoms with van der Waals surface area (Å²) in [5.41, 5.74) is 0.835. The van der Waals surface area contributed by atoms with Gasteiger partial charge in [-0.05, 0) is 17.7 Å². The molecule has 0 amide bonds. The summed E-state index contributed by atoms with van der Waals surface area (Å²) < 4.78 is 5.04. The van der Waals surface area contributed by atoms with Gasteiger partial charge >= 0.3 is 0 Å². The molecule has 3 nitrogen and oxygen atoms in total. The zero-order valence-electron chi connectivity index (χ0n) is 9.93. The minimum absolute atomic E-state index is 0.0627. The van der Waals surface area contributed by atoms with E-state index in [1.54, 1.807) is 19.2 Å². The van der Waals surface area contributed by atoms with Crippen LogP contribution in [0.15, 0.2) is 24.3 Å². The number of Topliss-reactive ketones (excluding diaryl/α,β-unsaturated/α-hetero) is 1. The average Bonchev–Trinajstić information content (AvgIpc) is 2.30. The molecule has 1 atom stereocenters. The molecule has 1 rings (SSSR count). The molecule has 0 aliphatic heterocycles. The number of hydrogen-bond donors (Lipinski definition) is 1. The van der Waals surface area contributed by atoms with Crippen LogP contribution < -0.4 is 4.74 Å². The third kappa shape index (κ3) is 2.83. The standard InChI is InChI=1S/C13H18O3/c1-9(2)13(15)12(8-14)10-4-6-11(16-3)7-5-10/h4-7,9,12,14H,8H2,1-3H3/t12-/m1/s1. The molecule has 0 saturated heterocycles. The molecule has 0 aliphatic rings. The molecule has 0 unspecified atom stereocenters. The van der Waals surface area contributed by atoms with Gasteiger partial charge in [0.15, 0.2) is 0 Å². The molecule has 1 N–H and O–H groups in total. The van der Waals surface area contributed by atoms with Crippen molar-refractivity contribution in [2.45, 2.75) is 19.8 Å². The van der Waals surface area contributed by atoms with Crippen molar-refractivity contribution in [2.75, 3.05) is 13.7 Å². The zero-order chi connectivity index (χ0) is 12.1. The largest absolute Gasteiger partial charge is 0.497 e. The van der Waals surface area contributed by atoms with Crippen LogP contribution in [0.5, 0.6) is 5.75 Å². The molecule has 0 fully saturated rings. The van der Waals surface area contributed by atoms with Gasteiger partial charge in [-0.1, -0.05) is 26.0 Å². The lowest BCUT2D eigenvalue weighted by molar-refractivity contribution is -0.124. The molecule has 0 bridgehead atoms. The average molecular weight is 222 g/mol. The molecule has 88 valence electrons. The zero-order valence-corrected chi connectivity index (χ0v) is 9.93. The number of aliphatic hydroxyl groups is 1. The van der Waals surface area contributed by atoms with Gasteiger partial charge in [0.2, 0.25) is 0 Å². The highest BCUT2D eigenvalue weighted by atomic mass is 16.5. The summed E-state index contributed by atoms with van der Waals surface area (Å²) >= 11 is 0. The van der Waals surface area contributed by atoms with E-state index in [1.165, 1.54) is 0 Å². The summed E-state index contributed by atoms with van der Waals surface area (Å²) in [5, 5.41) is 9.27. The van der Waals surface area contributed by atoms with Gasteiger partial charge in [-0.3, -0.25) is 4.79 Å². The van der Waals surface area contributed by atoms with Crippen molar-refractivity contribution in [3.05, 3.63) is 29.8 Å². The number of ether oxygens (including phenoxy) is 1. The second-order valence-electron chi connectivity index (χ2n) is 4.07. The first-order valence-electron chi connectivity index (χ1n) is 5.38. The number of hydrogen-bond acceptors (Lipinski definition) is 3. The quantitative estimate of drug-likeness (QED) is 0.828. The normalized spacial score (nSPS) is 12.6. The summed E-state index contributed by atoms with van der Waals surface area (Å²) in [5.74, 6) is 0.315. The summed E-state index contributed by atoms with van der Waals surface area (Å²) in [6, 6.07) is 7.23. The van der Waals surface area contributed by atoms with Crippen molar-refractivity contribution < 1.29 is 14.6 Å². The smallest absolute Gasteiger partial charge is 0.145 e. The topological polar surface area (TPSA) is 46.5 Å². The van der Waals surface area contributed by atoms with Crippen molar-refractivity contribution in [2.24, 2.45) is 5.92 Å². The van der Waals surface area contributed by atoms with Gasteiger partial charge in [-0.25, -0.2) is 0 Å². The Kier molecular flexibility index (Phi) is 4.50. The highest BCUT2D eigenvalue weighted by Gasteiger charge is 2.21. The maximum Gasteiger partial charge on any atom is 0.145 e. The number of methoxy groups -OCH3 is 1. The van der Waals surface area contributed by atoms with Crippen LogP contribution >= 0.6 is 0 Å². The molecule has 0 spiro atoms. The predicted octanol–water partition coefficient (Wildman–Crippen LogP) is 2.00. The Balaban J connectivity index is 2.91. The van der Waals surface area contributed by atoms with Crippen molar-refractivity contribution in [3.8, 4) is 5.75 Å². The van der Waals surface area contributed by atoms with E-state index >= 15 is 0 Å². The lowest BCUT2D eigenvalue weighted by atomic mass is 9.89. The highest BCUT2D eigenvalue weighted by molar-refractivity contribution is 5.87. The van der Waals surface area contributed by atoms with Crippen LogP contribution in [0, 0.1) is 5.92 Å². The van der Waals surface area contributed by atoms with Crippen LogP contribution in [0.1, 0.15) is 25.3 Å². The Morgan fingerprint density at radius 2 is 1.88 bits per heavy atom. The molecule has 0 radical (unpaired) electrons. The van der Waals surface area contributed by atoms with Gasteiger partial charge in [-0.2, -0.15) is 0 Å². The lowest BCUT2D eigenvalue weighted by Crippen LogP contribution is -2.21. The number of carbonyl (C=O) groups is 1. The molecule has 1 aromatic rings. The highest BCUT2D eigenvalue weighted by Crippen LogP contribution is 2.22. The predicted molar refractivity (Wildman–Crippen MR) is 62.7 cm³/mol. The second kappa shape index (κ2) is 5.66. The number of carbonyl (C=O) groups excluding carboxylic acids is 1. The van der Waals surface area contributed by atoms with Crippen LogP contribution in [0.3, 0.4) is 0 Å². The summed E-state index contributed by atoms with van der Waals surface area (Å²) in [6.07, 6.45) is 0. The SMILES string of the molecule is COc1ccc([C@@H](CO)C(=O)C(C)C)cc1. The summed E-state index contributed by atoms with van der Waals surface area (Å²) in [4.78, 5) is 11.8. The maximum atomic E-state index is 11.8. The van der Waals surface area contributed by atoms with E-state index in [1.807, 2.05) is 26.0 Å². The minimum Gasteiger partial charge on any atom is -0.497 e. The Labute approximate surface area is 96.1 Å². The Bertz CT molecular complexity index is 341. The van der Waals surface area contributed by atoms with Gasteiger partial charge in [0.1, 0.15) is 11.5 Å². The fourth-order valence-electron chi connectivity index (χ4n) is 1.60. The fourth-order valence-corrected chi connectivity index (χ4v) is 1.60. The van der Waals surface area contributed by atoms with Crippen molar-refractivity contribution in [1.29, 1.82) is 0 Å². The van der Waals surface area contributed by atoms with Crippen LogP contribution in [-0.4, -0.2) is 24.6 Å². The van der Waals surface area contributed by atoms with E-state index in [9.17, 15) is 9.90 Å². The van der Waals surface area contributed by atoms with Crippen LogP contribution in [0.2, 0.25) is 0 Å². The van der Waals surface area contributed by atoms with Crippen LogP contribution in [0.25, 0.3) is 0 Å². The summed E-state index contributed by atoms with van der Waals surface area (Å²) in [7, 11) is 1.60. The first kappa shape index (κ1) is 12.7. The molecule has 0 saturated carbocycles. The van der Waals surface area contributed by atoms with E-state index in [-0.39, 0.29) is 18.3 Å². The lowest BCUT2D eigenvalue weighted by Gasteiger charge is -2.16. The first-order chi connectivity index (χ1) is 7.60. The van der Waals surface area contributed by atoms with E-state index in [4.69, 9.17) is 4.74 Å². The molecular weight excluding hydrogens is 204 g/mol. The van der Waals surface area contributed by atoms with Gasteiger partial charge in [0, 0.05) is 5.92 Å². The van der Waals surface area contributed by atoms with Crippen molar-refractivity contribution in [3.63, 3.8) is 0 Å². The van der Waals surface area contributed by atoms with E-state index in [0.29, 0.717) is 0 Å². The number of rotatable bonds is 5. The minimum atomic E-state index is -0.425. The number of aliphatic hydroxyl groups excluding tert-OH is 1. The molecule has 3 heteroatoms. The molecule has 0 heterocycles. The van der Waals surface area contributed by atoms with Gasteiger partial charge in [-0.15, -0.1) is 0 Å². The van der Waals surface area contributed by atoms with Crippen LogP contribution in [0.4, 0.5) is 0 Å². The maximum absolute atomic E-state index is 11.8. The Morgan fingerprint density at radius 3 is 2.25 bits per heavy atom. The molecular formula is C13H18O3. The molecule has 0 aliphatic carbocycles. The second-order valence-corrected chi connectivity index (χ2v) is 4.07. The molecule has 1 aromatic carbocycles. The fraction of sp³-hybridized carbons (Fsp3) is 0.462. The number of ketones is 1. The Hall–Kier alpha value is -1.35. The third-order valence-corrected chi connectivity index (χ3v) is 2.61. The van der Waals surface area contributed by atoms with Crippen molar-refractivity contribution >= 4 is 5.78 Å². The van der Waals surface area contributed by atoms with Gasteiger partial charge in [0.05, 0.1) is 19.6 Å². The van der Waals surface area contributed by atoms with Gasteiger partial charge in [0.25, 0.3) is 0 Å². The third-order valence-electron chi connectivity index (χ3n) is 2.61. The summed E-state index contributed by atoms with van der Waals surface area (Å²) in [6.45, 7) is 3.53. The van der Waals surface area contributed by atoms with E-state index < -0.39 is 5.92 Å².